The van der Waals surface area contributed by atoms with Gasteiger partial charge in [-0.15, -0.1) is 0 Å². The van der Waals surface area contributed by atoms with Gasteiger partial charge in [0.05, 0.1) is 12.4 Å². The van der Waals surface area contributed by atoms with E-state index in [-0.39, 0.29) is 5.69 Å². The zero-order valence-corrected chi connectivity index (χ0v) is 11.2. The molecule has 0 aliphatic heterocycles. The minimum Gasteiger partial charge on any atom is -0.444 e. The van der Waals surface area contributed by atoms with Gasteiger partial charge >= 0.3 is 6.09 Å². The van der Waals surface area contributed by atoms with Gasteiger partial charge in [-0.25, -0.2) is 14.8 Å². The predicted octanol–water partition coefficient (Wildman–Crippen LogP) is 1.28. The van der Waals surface area contributed by atoms with E-state index in [9.17, 15) is 4.79 Å². The highest BCUT2D eigenvalue weighted by molar-refractivity contribution is 5.67. The van der Waals surface area contributed by atoms with Crippen molar-refractivity contribution in [3.8, 4) is 6.07 Å². The summed E-state index contributed by atoms with van der Waals surface area (Å²) in [4.78, 5) is 19.2. The minimum atomic E-state index is -0.504. The lowest BCUT2D eigenvalue weighted by Gasteiger charge is -2.19. The van der Waals surface area contributed by atoms with Crippen molar-refractivity contribution in [1.82, 2.24) is 15.3 Å². The molecule has 0 radical (unpaired) electrons. The fourth-order valence-electron chi connectivity index (χ4n) is 1.15. The minimum absolute atomic E-state index is 0.262. The number of rotatable bonds is 4. The van der Waals surface area contributed by atoms with Gasteiger partial charge in [-0.3, -0.25) is 0 Å². The topological polar surface area (TPSA) is 99.9 Å². The van der Waals surface area contributed by atoms with Crippen molar-refractivity contribution in [2.45, 2.75) is 26.4 Å². The van der Waals surface area contributed by atoms with Gasteiger partial charge in [-0.1, -0.05) is 0 Å². The Hall–Kier alpha value is -2.36. The van der Waals surface area contributed by atoms with E-state index in [2.05, 4.69) is 20.6 Å². The summed E-state index contributed by atoms with van der Waals surface area (Å²) in [6.45, 7) is 6.29. The molecule has 0 fully saturated rings. The molecule has 0 saturated heterocycles. The second-order valence-electron chi connectivity index (χ2n) is 4.75. The largest absolute Gasteiger partial charge is 0.444 e. The first-order valence-corrected chi connectivity index (χ1v) is 5.83. The van der Waals surface area contributed by atoms with Crippen molar-refractivity contribution in [2.75, 3.05) is 18.4 Å². The molecule has 0 saturated carbocycles. The van der Waals surface area contributed by atoms with Crippen LogP contribution in [0.4, 0.5) is 10.6 Å². The summed E-state index contributed by atoms with van der Waals surface area (Å²) in [5.41, 5.74) is -0.242. The van der Waals surface area contributed by atoms with E-state index in [1.54, 1.807) is 20.8 Å². The van der Waals surface area contributed by atoms with E-state index in [4.69, 9.17) is 10.00 Å². The number of alkyl carbamates (subject to hydrolysis) is 1. The van der Waals surface area contributed by atoms with Crippen molar-refractivity contribution in [2.24, 2.45) is 0 Å². The molecule has 19 heavy (non-hydrogen) atoms. The zero-order chi connectivity index (χ0) is 14.3. The molecule has 0 bridgehead atoms. The van der Waals surface area contributed by atoms with Gasteiger partial charge in [0.1, 0.15) is 17.5 Å². The van der Waals surface area contributed by atoms with Gasteiger partial charge < -0.3 is 15.4 Å². The Morgan fingerprint density at radius 3 is 2.63 bits per heavy atom. The van der Waals surface area contributed by atoms with Crippen LogP contribution in [0.3, 0.4) is 0 Å². The molecular weight excluding hydrogens is 246 g/mol. The molecule has 102 valence electrons. The van der Waals surface area contributed by atoms with E-state index >= 15 is 0 Å². The van der Waals surface area contributed by atoms with E-state index in [0.717, 1.165) is 0 Å². The Morgan fingerprint density at radius 1 is 1.37 bits per heavy atom. The van der Waals surface area contributed by atoms with Crippen LogP contribution in [-0.2, 0) is 4.74 Å². The van der Waals surface area contributed by atoms with Gasteiger partial charge in [-0.05, 0) is 20.8 Å². The molecule has 7 nitrogen and oxygen atoms in total. The molecular formula is C12H17N5O2. The molecule has 0 spiro atoms. The number of nitrogens with zero attached hydrogens (tertiary/aromatic N) is 3. The molecule has 2 N–H and O–H groups in total. The lowest BCUT2D eigenvalue weighted by atomic mass is 10.2. The third-order valence-electron chi connectivity index (χ3n) is 1.87. The average molecular weight is 263 g/mol. The normalized spacial score (nSPS) is 10.4. The molecule has 1 aromatic heterocycles. The lowest BCUT2D eigenvalue weighted by Crippen LogP contribution is -2.35. The van der Waals surface area contributed by atoms with Crippen LogP contribution in [-0.4, -0.2) is 34.8 Å². The second-order valence-corrected chi connectivity index (χ2v) is 4.75. The Bertz CT molecular complexity index is 458. The van der Waals surface area contributed by atoms with Crippen molar-refractivity contribution < 1.29 is 9.53 Å². The van der Waals surface area contributed by atoms with Gasteiger partial charge in [-0.2, -0.15) is 5.26 Å². The SMILES string of the molecule is CC(C)(C)OC(=O)NCCNc1cnc(C#N)cn1. The van der Waals surface area contributed by atoms with Crippen LogP contribution in [0.1, 0.15) is 26.5 Å². The van der Waals surface area contributed by atoms with Gasteiger partial charge in [0, 0.05) is 13.1 Å². The number of hydrogen-bond acceptors (Lipinski definition) is 6. The molecule has 1 heterocycles. The standard InChI is InChI=1S/C12H17N5O2/c1-12(2,3)19-11(18)15-5-4-14-10-8-16-9(6-13)7-17-10/h7-8H,4-5H2,1-3H3,(H,14,17)(H,15,18). The summed E-state index contributed by atoms with van der Waals surface area (Å²) >= 11 is 0. The summed E-state index contributed by atoms with van der Waals surface area (Å²) < 4.78 is 5.08. The number of nitriles is 1. The third kappa shape index (κ3) is 6.21. The highest BCUT2D eigenvalue weighted by atomic mass is 16.6. The Balaban J connectivity index is 2.24. The predicted molar refractivity (Wildman–Crippen MR) is 69.5 cm³/mol. The van der Waals surface area contributed by atoms with E-state index in [0.29, 0.717) is 18.9 Å². The molecule has 0 unspecified atom stereocenters. The zero-order valence-electron chi connectivity index (χ0n) is 11.2. The molecule has 0 atom stereocenters. The first-order valence-electron chi connectivity index (χ1n) is 5.83. The van der Waals surface area contributed by atoms with Crippen LogP contribution in [0.15, 0.2) is 12.4 Å². The number of aromatic nitrogens is 2. The van der Waals surface area contributed by atoms with Crippen molar-refractivity contribution >= 4 is 11.9 Å². The fraction of sp³-hybridized carbons (Fsp3) is 0.500. The number of hydrogen-bond donors (Lipinski definition) is 2. The smallest absolute Gasteiger partial charge is 0.407 e. The van der Waals surface area contributed by atoms with E-state index < -0.39 is 11.7 Å². The highest BCUT2D eigenvalue weighted by Gasteiger charge is 2.15. The first-order chi connectivity index (χ1) is 8.90. The van der Waals surface area contributed by atoms with E-state index in [1.807, 2.05) is 6.07 Å². The summed E-state index contributed by atoms with van der Waals surface area (Å²) in [5, 5.41) is 14.1. The molecule has 1 amide bonds. The fourth-order valence-corrected chi connectivity index (χ4v) is 1.15. The number of carbonyl (C=O) groups is 1. The summed E-state index contributed by atoms with van der Waals surface area (Å²) in [7, 11) is 0. The number of carbonyl (C=O) groups excluding carboxylic acids is 1. The quantitative estimate of drug-likeness (QED) is 0.794. The maximum absolute atomic E-state index is 11.3. The monoisotopic (exact) mass is 263 g/mol. The van der Waals surface area contributed by atoms with Gasteiger partial charge in [0.25, 0.3) is 0 Å². The maximum Gasteiger partial charge on any atom is 0.407 e. The number of anilines is 1. The summed E-state index contributed by atoms with van der Waals surface area (Å²) in [5.74, 6) is 0.546. The number of amides is 1. The van der Waals surface area contributed by atoms with Crippen molar-refractivity contribution in [3.63, 3.8) is 0 Å². The third-order valence-corrected chi connectivity index (χ3v) is 1.87. The Labute approximate surface area is 112 Å². The highest BCUT2D eigenvalue weighted by Crippen LogP contribution is 2.06. The van der Waals surface area contributed by atoms with Crippen LogP contribution in [0.5, 0.6) is 0 Å². The summed E-state index contributed by atoms with van der Waals surface area (Å²) in [6, 6.07) is 1.88. The van der Waals surface area contributed by atoms with Gasteiger partial charge in [0.2, 0.25) is 0 Å². The van der Waals surface area contributed by atoms with Gasteiger partial charge in [0.15, 0.2) is 5.69 Å². The molecule has 0 aliphatic rings. The molecule has 0 aromatic carbocycles. The van der Waals surface area contributed by atoms with Crippen molar-refractivity contribution in [3.05, 3.63) is 18.1 Å². The average Bonchev–Trinajstić information content (AvgIpc) is 2.33. The second kappa shape index (κ2) is 6.54. The van der Waals surface area contributed by atoms with Crippen LogP contribution < -0.4 is 10.6 Å². The molecule has 7 heteroatoms. The Morgan fingerprint density at radius 2 is 2.11 bits per heavy atom. The van der Waals surface area contributed by atoms with E-state index in [1.165, 1.54) is 12.4 Å². The summed E-state index contributed by atoms with van der Waals surface area (Å²) in [6.07, 6.45) is 2.38. The number of ether oxygens (including phenoxy) is 1. The molecule has 1 rings (SSSR count). The van der Waals surface area contributed by atoms with Crippen LogP contribution >= 0.6 is 0 Å². The van der Waals surface area contributed by atoms with Crippen LogP contribution in [0.25, 0.3) is 0 Å². The first kappa shape index (κ1) is 14.7. The maximum atomic E-state index is 11.3. The lowest BCUT2D eigenvalue weighted by molar-refractivity contribution is 0.0530. The molecule has 1 aromatic rings. The molecule has 0 aliphatic carbocycles. The van der Waals surface area contributed by atoms with Crippen molar-refractivity contribution in [1.29, 1.82) is 5.26 Å². The Kier molecular flexibility index (Phi) is 5.06. The van der Waals surface area contributed by atoms with Crippen LogP contribution in [0.2, 0.25) is 0 Å². The van der Waals surface area contributed by atoms with Crippen LogP contribution in [0, 0.1) is 11.3 Å². The number of nitrogens with one attached hydrogen (secondary N) is 2.